The van der Waals surface area contributed by atoms with Crippen LogP contribution in [-0.2, 0) is 6.54 Å². The average molecular weight is 451 g/mol. The lowest BCUT2D eigenvalue weighted by molar-refractivity contribution is 0.0847. The third-order valence-corrected chi connectivity index (χ3v) is 6.30. The number of ether oxygens (including phenoxy) is 1. The first kappa shape index (κ1) is 21.0. The molecule has 1 aliphatic heterocycles. The summed E-state index contributed by atoms with van der Waals surface area (Å²) in [7, 11) is 1.65. The maximum atomic E-state index is 13.3. The molecule has 1 aliphatic rings. The molecule has 0 spiro atoms. The lowest BCUT2D eigenvalue weighted by Gasteiger charge is -2.16. The molecule has 2 heterocycles. The minimum Gasteiger partial charge on any atom is -0.497 e. The second kappa shape index (κ2) is 8.60. The van der Waals surface area contributed by atoms with E-state index in [0.717, 1.165) is 45.0 Å². The standard InChI is InChI=1S/C28H22N2O2S/c1-18-8-10-21(11-9-18)27(31)30-17-25-26(28(30)33)23(19-12-14-22(32-2)15-13-19)16-24(29-25)20-6-4-3-5-7-20/h3-16H,17H2,1-2H3. The molecule has 0 N–H and O–H groups in total. The largest absolute Gasteiger partial charge is 0.497 e. The van der Waals surface area contributed by atoms with Crippen molar-refractivity contribution in [1.29, 1.82) is 0 Å². The third-order valence-electron chi connectivity index (χ3n) is 5.88. The number of rotatable bonds is 4. The van der Waals surface area contributed by atoms with Crippen LogP contribution < -0.4 is 4.74 Å². The van der Waals surface area contributed by atoms with Crippen LogP contribution in [0.1, 0.15) is 27.2 Å². The minimum absolute atomic E-state index is 0.111. The van der Waals surface area contributed by atoms with Gasteiger partial charge in [-0.15, -0.1) is 0 Å². The number of nitrogens with zero attached hydrogens (tertiary/aromatic N) is 2. The van der Waals surface area contributed by atoms with E-state index in [0.29, 0.717) is 17.1 Å². The number of benzene rings is 3. The molecule has 3 aromatic carbocycles. The molecule has 0 saturated carbocycles. The number of aryl methyl sites for hydroxylation is 1. The van der Waals surface area contributed by atoms with Crippen LogP contribution in [0.4, 0.5) is 0 Å². The van der Waals surface area contributed by atoms with Gasteiger partial charge >= 0.3 is 0 Å². The van der Waals surface area contributed by atoms with E-state index in [1.807, 2.05) is 85.8 Å². The van der Waals surface area contributed by atoms with Crippen molar-refractivity contribution < 1.29 is 9.53 Å². The van der Waals surface area contributed by atoms with E-state index in [-0.39, 0.29) is 5.91 Å². The van der Waals surface area contributed by atoms with Gasteiger partial charge in [0.1, 0.15) is 10.7 Å². The summed E-state index contributed by atoms with van der Waals surface area (Å²) in [5, 5.41) is 0. The van der Waals surface area contributed by atoms with Gasteiger partial charge in [0.05, 0.1) is 25.0 Å². The van der Waals surface area contributed by atoms with Gasteiger partial charge in [-0.05, 0) is 48.4 Å². The van der Waals surface area contributed by atoms with Gasteiger partial charge in [-0.1, -0.05) is 72.4 Å². The topological polar surface area (TPSA) is 42.4 Å². The molecular formula is C28H22N2O2S. The van der Waals surface area contributed by atoms with Crippen LogP contribution in [0.25, 0.3) is 22.4 Å². The van der Waals surface area contributed by atoms with Crippen LogP contribution in [0.3, 0.4) is 0 Å². The number of hydrogen-bond donors (Lipinski definition) is 0. The average Bonchev–Trinajstić information content (AvgIpc) is 3.20. The molecular weight excluding hydrogens is 428 g/mol. The zero-order valence-electron chi connectivity index (χ0n) is 18.4. The van der Waals surface area contributed by atoms with Crippen molar-refractivity contribution in [1.82, 2.24) is 9.88 Å². The number of hydrogen-bond acceptors (Lipinski definition) is 4. The molecule has 4 nitrogen and oxygen atoms in total. The predicted octanol–water partition coefficient (Wildman–Crippen LogP) is 6.06. The highest BCUT2D eigenvalue weighted by molar-refractivity contribution is 7.80. The molecule has 4 aromatic rings. The Kier molecular flexibility index (Phi) is 5.48. The van der Waals surface area contributed by atoms with Gasteiger partial charge in [0.2, 0.25) is 0 Å². The van der Waals surface area contributed by atoms with E-state index in [2.05, 4.69) is 6.07 Å². The Labute approximate surface area is 198 Å². The number of thiocarbonyl (C=S) groups is 1. The monoisotopic (exact) mass is 450 g/mol. The Balaban J connectivity index is 1.62. The number of fused-ring (bicyclic) bond motifs is 1. The molecule has 1 aromatic heterocycles. The van der Waals surface area contributed by atoms with E-state index in [9.17, 15) is 4.79 Å². The van der Waals surface area contributed by atoms with E-state index in [1.54, 1.807) is 12.0 Å². The SMILES string of the molecule is COc1ccc(-c2cc(-c3ccccc3)nc3c2C(=S)N(C(=O)c2ccc(C)cc2)C3)cc1. The molecule has 0 fully saturated rings. The van der Waals surface area contributed by atoms with Crippen molar-refractivity contribution in [3.63, 3.8) is 0 Å². The molecule has 0 bridgehead atoms. The molecule has 0 saturated heterocycles. The second-order valence-electron chi connectivity index (χ2n) is 8.03. The van der Waals surface area contributed by atoms with E-state index in [1.165, 1.54) is 0 Å². The number of pyridine rings is 1. The predicted molar refractivity (Wildman–Crippen MR) is 134 cm³/mol. The quantitative estimate of drug-likeness (QED) is 0.354. The normalized spacial score (nSPS) is 12.5. The first-order valence-corrected chi connectivity index (χ1v) is 11.1. The minimum atomic E-state index is -0.111. The zero-order chi connectivity index (χ0) is 22.9. The molecule has 5 rings (SSSR count). The van der Waals surface area contributed by atoms with Gasteiger partial charge in [0.25, 0.3) is 5.91 Å². The van der Waals surface area contributed by atoms with Crippen molar-refractivity contribution in [2.75, 3.05) is 7.11 Å². The maximum Gasteiger partial charge on any atom is 0.259 e. The summed E-state index contributed by atoms with van der Waals surface area (Å²) < 4.78 is 5.33. The maximum absolute atomic E-state index is 13.3. The summed E-state index contributed by atoms with van der Waals surface area (Å²) >= 11 is 5.83. The van der Waals surface area contributed by atoms with Gasteiger partial charge < -0.3 is 4.74 Å². The van der Waals surface area contributed by atoms with Crippen LogP contribution in [0.5, 0.6) is 5.75 Å². The van der Waals surface area contributed by atoms with Gasteiger partial charge in [-0.2, -0.15) is 0 Å². The summed E-state index contributed by atoms with van der Waals surface area (Å²) in [5.41, 5.74) is 7.21. The van der Waals surface area contributed by atoms with Crippen LogP contribution in [0.2, 0.25) is 0 Å². The molecule has 162 valence electrons. The summed E-state index contributed by atoms with van der Waals surface area (Å²) in [6, 6.07) is 27.5. The molecule has 1 amide bonds. The zero-order valence-corrected chi connectivity index (χ0v) is 19.2. The number of amides is 1. The first-order chi connectivity index (χ1) is 16.0. The number of carbonyl (C=O) groups is 1. The molecule has 5 heteroatoms. The number of carbonyl (C=O) groups excluding carboxylic acids is 1. The molecule has 0 radical (unpaired) electrons. The fraction of sp³-hybridized carbons (Fsp3) is 0.107. The number of aromatic nitrogens is 1. The Morgan fingerprint density at radius 3 is 2.30 bits per heavy atom. The van der Waals surface area contributed by atoms with Gasteiger partial charge in [0.15, 0.2) is 0 Å². The van der Waals surface area contributed by atoms with E-state index >= 15 is 0 Å². The van der Waals surface area contributed by atoms with E-state index < -0.39 is 0 Å². The smallest absolute Gasteiger partial charge is 0.259 e. The Morgan fingerprint density at radius 2 is 1.64 bits per heavy atom. The highest BCUT2D eigenvalue weighted by Gasteiger charge is 2.33. The van der Waals surface area contributed by atoms with Crippen LogP contribution >= 0.6 is 12.2 Å². The molecule has 0 unspecified atom stereocenters. The van der Waals surface area contributed by atoms with Gasteiger partial charge in [-0.3, -0.25) is 14.7 Å². The molecule has 0 aliphatic carbocycles. The van der Waals surface area contributed by atoms with Crippen LogP contribution in [-0.4, -0.2) is 27.9 Å². The summed E-state index contributed by atoms with van der Waals surface area (Å²) in [5.74, 6) is 0.673. The number of methoxy groups -OCH3 is 1. The van der Waals surface area contributed by atoms with E-state index in [4.69, 9.17) is 21.9 Å². The third kappa shape index (κ3) is 3.92. The Hall–Kier alpha value is -3.83. The van der Waals surface area contributed by atoms with Crippen molar-refractivity contribution in [3.05, 3.63) is 107 Å². The summed E-state index contributed by atoms with van der Waals surface area (Å²) in [4.78, 5) is 20.4. The lowest BCUT2D eigenvalue weighted by atomic mass is 9.97. The fourth-order valence-corrected chi connectivity index (χ4v) is 4.45. The molecule has 33 heavy (non-hydrogen) atoms. The first-order valence-electron chi connectivity index (χ1n) is 10.7. The summed E-state index contributed by atoms with van der Waals surface area (Å²) in [6.07, 6.45) is 0. The van der Waals surface area contributed by atoms with Crippen molar-refractivity contribution in [3.8, 4) is 28.1 Å². The second-order valence-corrected chi connectivity index (χ2v) is 8.42. The Bertz CT molecular complexity index is 1350. The van der Waals surface area contributed by atoms with Crippen molar-refractivity contribution >= 4 is 23.1 Å². The van der Waals surface area contributed by atoms with Crippen molar-refractivity contribution in [2.24, 2.45) is 0 Å². The fourth-order valence-electron chi connectivity index (χ4n) is 4.08. The van der Waals surface area contributed by atoms with Crippen molar-refractivity contribution in [2.45, 2.75) is 13.5 Å². The highest BCUT2D eigenvalue weighted by Crippen LogP contribution is 2.36. The summed E-state index contributed by atoms with van der Waals surface area (Å²) in [6.45, 7) is 2.35. The molecule has 0 atom stereocenters. The van der Waals surface area contributed by atoms with Crippen LogP contribution in [0, 0.1) is 6.92 Å². The Morgan fingerprint density at radius 1 is 0.939 bits per heavy atom. The van der Waals surface area contributed by atoms with Crippen LogP contribution in [0.15, 0.2) is 84.9 Å². The lowest BCUT2D eigenvalue weighted by Crippen LogP contribution is -2.30. The highest BCUT2D eigenvalue weighted by atomic mass is 32.1. The van der Waals surface area contributed by atoms with Gasteiger partial charge in [-0.25, -0.2) is 0 Å². The van der Waals surface area contributed by atoms with Gasteiger partial charge in [0, 0.05) is 16.7 Å².